The van der Waals surface area contributed by atoms with Gasteiger partial charge in [-0.15, -0.1) is 0 Å². The van der Waals surface area contributed by atoms with Crippen LogP contribution in [0.3, 0.4) is 0 Å². The van der Waals surface area contributed by atoms with Gasteiger partial charge in [-0.1, -0.05) is 34.3 Å². The number of carbonyl (C=O) groups excluding carboxylic acids is 3. The Morgan fingerprint density at radius 2 is 1.67 bits per heavy atom. The Hall–Kier alpha value is -2.38. The first kappa shape index (κ1) is 28.7. The molecule has 0 amide bonds. The zero-order valence-electron chi connectivity index (χ0n) is 21.1. The molecule has 0 atom stereocenters. The minimum Gasteiger partial charge on any atom is -0.465 e. The van der Waals surface area contributed by atoms with Crippen molar-refractivity contribution in [3.05, 3.63) is 42.7 Å². The summed E-state index contributed by atoms with van der Waals surface area (Å²) in [5.74, 6) is -0.300. The molecule has 0 radical (unpaired) electrons. The molecule has 0 N–H and O–H groups in total. The van der Waals surface area contributed by atoms with Crippen LogP contribution in [0.5, 0.6) is 0 Å². The monoisotopic (exact) mass is 460 g/mol. The topological polar surface area (TPSA) is 85.8 Å². The lowest BCUT2D eigenvalue weighted by atomic mass is 9.95. The number of esters is 1. The highest BCUT2D eigenvalue weighted by atomic mass is 16.5. The molecule has 0 aromatic carbocycles. The number of ketones is 2. The Morgan fingerprint density at radius 1 is 1.06 bits per heavy atom. The average Bonchev–Trinajstić information content (AvgIpc) is 2.78. The van der Waals surface area contributed by atoms with Crippen LogP contribution in [0.1, 0.15) is 59.9 Å². The van der Waals surface area contributed by atoms with E-state index in [-0.39, 0.29) is 43.1 Å². The number of rotatable bonds is 16. The molecule has 0 aliphatic carbocycles. The number of carbonyl (C=O) groups is 3. The van der Waals surface area contributed by atoms with Gasteiger partial charge in [0.2, 0.25) is 0 Å². The molecule has 0 saturated heterocycles. The highest BCUT2D eigenvalue weighted by Gasteiger charge is 2.30. The minimum atomic E-state index is -0.968. The molecule has 1 aromatic rings. The predicted octanol–water partition coefficient (Wildman–Crippen LogP) is 4.01. The fraction of sp³-hybridized carbons (Fsp3) is 0.615. The summed E-state index contributed by atoms with van der Waals surface area (Å²) >= 11 is 0. The van der Waals surface area contributed by atoms with E-state index in [1.807, 2.05) is 39.8 Å². The Kier molecular flexibility index (Phi) is 11.6. The van der Waals surface area contributed by atoms with E-state index in [4.69, 9.17) is 9.47 Å². The summed E-state index contributed by atoms with van der Waals surface area (Å²) in [7, 11) is 0. The zero-order chi connectivity index (χ0) is 25.1. The standard InChI is InChI=1S/C26H40N2O5/c1-8-23(30)26(6,7)33-19-25(4,5)18-32-24(31)12-16-28(15-11-22(29)20(2)3)17-21-9-13-27-14-10-21/h8-10,13-14,20H,1,11-12,15-19H2,2-7H3. The van der Waals surface area contributed by atoms with Crippen LogP contribution < -0.4 is 0 Å². The summed E-state index contributed by atoms with van der Waals surface area (Å²) in [6.07, 6.45) is 5.38. The van der Waals surface area contributed by atoms with E-state index in [9.17, 15) is 14.4 Å². The Balaban J connectivity index is 2.56. The van der Waals surface area contributed by atoms with Crippen LogP contribution in [0.15, 0.2) is 37.2 Å². The fourth-order valence-electron chi connectivity index (χ4n) is 2.91. The smallest absolute Gasteiger partial charge is 0.307 e. The summed E-state index contributed by atoms with van der Waals surface area (Å²) in [5.41, 5.74) is -0.344. The first-order valence-electron chi connectivity index (χ1n) is 11.5. The van der Waals surface area contributed by atoms with E-state index in [2.05, 4.69) is 16.5 Å². The van der Waals surface area contributed by atoms with E-state index in [1.165, 1.54) is 6.08 Å². The third-order valence-electron chi connectivity index (χ3n) is 5.33. The third kappa shape index (κ3) is 11.3. The molecule has 0 aliphatic heterocycles. The van der Waals surface area contributed by atoms with Gasteiger partial charge < -0.3 is 9.47 Å². The predicted molar refractivity (Wildman–Crippen MR) is 129 cm³/mol. The van der Waals surface area contributed by atoms with Crippen LogP contribution >= 0.6 is 0 Å². The Morgan fingerprint density at radius 3 is 2.24 bits per heavy atom. The molecule has 184 valence electrons. The highest BCUT2D eigenvalue weighted by Crippen LogP contribution is 2.21. The largest absolute Gasteiger partial charge is 0.465 e. The van der Waals surface area contributed by atoms with E-state index in [1.54, 1.807) is 26.2 Å². The van der Waals surface area contributed by atoms with Crippen molar-refractivity contribution < 1.29 is 23.9 Å². The zero-order valence-corrected chi connectivity index (χ0v) is 21.1. The highest BCUT2D eigenvalue weighted by molar-refractivity contribution is 5.95. The van der Waals surface area contributed by atoms with E-state index >= 15 is 0 Å². The van der Waals surface area contributed by atoms with Gasteiger partial charge in [0.1, 0.15) is 11.4 Å². The molecule has 1 heterocycles. The molecule has 0 aliphatic rings. The lowest BCUT2D eigenvalue weighted by molar-refractivity contribution is -0.152. The number of nitrogens with zero attached hydrogens (tertiary/aromatic N) is 2. The molecule has 7 heteroatoms. The first-order chi connectivity index (χ1) is 15.4. The van der Waals surface area contributed by atoms with Crippen LogP contribution in [0, 0.1) is 11.3 Å². The summed E-state index contributed by atoms with van der Waals surface area (Å²) in [4.78, 5) is 42.5. The quantitative estimate of drug-likeness (QED) is 0.272. The second-order valence-electron chi connectivity index (χ2n) is 9.94. The van der Waals surface area contributed by atoms with Gasteiger partial charge >= 0.3 is 5.97 Å². The maximum absolute atomic E-state index is 12.4. The van der Waals surface area contributed by atoms with Gasteiger partial charge in [-0.2, -0.15) is 0 Å². The molecule has 0 fully saturated rings. The van der Waals surface area contributed by atoms with Crippen LogP contribution in [-0.4, -0.2) is 59.3 Å². The Labute approximate surface area is 198 Å². The van der Waals surface area contributed by atoms with Gasteiger partial charge in [-0.3, -0.25) is 24.3 Å². The molecule has 0 saturated carbocycles. The van der Waals surface area contributed by atoms with Crippen LogP contribution in [0.25, 0.3) is 0 Å². The third-order valence-corrected chi connectivity index (χ3v) is 5.33. The van der Waals surface area contributed by atoms with Crippen molar-refractivity contribution in [2.24, 2.45) is 11.3 Å². The van der Waals surface area contributed by atoms with Crippen molar-refractivity contribution in [1.29, 1.82) is 0 Å². The second kappa shape index (κ2) is 13.4. The number of ether oxygens (including phenoxy) is 2. The molecular formula is C26H40N2O5. The van der Waals surface area contributed by atoms with Crippen molar-refractivity contribution in [3.63, 3.8) is 0 Å². The molecule has 0 bridgehead atoms. The minimum absolute atomic E-state index is 0.00561. The van der Waals surface area contributed by atoms with Crippen molar-refractivity contribution in [3.8, 4) is 0 Å². The van der Waals surface area contributed by atoms with Gasteiger partial charge in [-0.25, -0.2) is 0 Å². The fourth-order valence-corrected chi connectivity index (χ4v) is 2.91. The molecule has 0 unspecified atom stereocenters. The Bertz CT molecular complexity index is 787. The maximum Gasteiger partial charge on any atom is 0.307 e. The number of hydrogen-bond donors (Lipinski definition) is 0. The molecule has 7 nitrogen and oxygen atoms in total. The summed E-state index contributed by atoms with van der Waals surface area (Å²) in [6, 6.07) is 3.85. The van der Waals surface area contributed by atoms with Crippen molar-refractivity contribution in [2.75, 3.05) is 26.3 Å². The number of aromatic nitrogens is 1. The lowest BCUT2D eigenvalue weighted by Gasteiger charge is -2.30. The molecule has 1 rings (SSSR count). The van der Waals surface area contributed by atoms with Gasteiger partial charge in [0.25, 0.3) is 0 Å². The van der Waals surface area contributed by atoms with Gasteiger partial charge in [-0.05, 0) is 37.6 Å². The van der Waals surface area contributed by atoms with Gasteiger partial charge in [0.15, 0.2) is 5.78 Å². The summed E-state index contributed by atoms with van der Waals surface area (Å²) in [6.45, 7) is 16.7. The molecular weight excluding hydrogens is 420 g/mol. The lowest BCUT2D eigenvalue weighted by Crippen LogP contribution is -2.38. The normalized spacial score (nSPS) is 12.1. The van der Waals surface area contributed by atoms with Gasteiger partial charge in [0, 0.05) is 49.8 Å². The van der Waals surface area contributed by atoms with E-state index < -0.39 is 11.0 Å². The van der Waals surface area contributed by atoms with Crippen molar-refractivity contribution in [2.45, 2.75) is 66.5 Å². The first-order valence-corrected chi connectivity index (χ1v) is 11.5. The van der Waals surface area contributed by atoms with Crippen LogP contribution in [-0.2, 0) is 30.4 Å². The van der Waals surface area contributed by atoms with Crippen molar-refractivity contribution in [1.82, 2.24) is 9.88 Å². The van der Waals surface area contributed by atoms with Gasteiger partial charge in [0.05, 0.1) is 19.6 Å². The van der Waals surface area contributed by atoms with Crippen LogP contribution in [0.2, 0.25) is 0 Å². The summed E-state index contributed by atoms with van der Waals surface area (Å²) in [5, 5.41) is 0. The SMILES string of the molecule is C=CC(=O)C(C)(C)OCC(C)(C)COC(=O)CCN(CCC(=O)C(C)C)Cc1ccncc1. The number of Topliss-reactive ketones (excluding diaryl/α,β-unsaturated/α-hetero) is 1. The molecule has 0 spiro atoms. The molecule has 1 aromatic heterocycles. The summed E-state index contributed by atoms with van der Waals surface area (Å²) < 4.78 is 11.3. The number of pyridine rings is 1. The van der Waals surface area contributed by atoms with E-state index in [0.29, 0.717) is 26.1 Å². The average molecular weight is 461 g/mol. The molecule has 33 heavy (non-hydrogen) atoms. The van der Waals surface area contributed by atoms with Crippen LogP contribution in [0.4, 0.5) is 0 Å². The van der Waals surface area contributed by atoms with Crippen molar-refractivity contribution >= 4 is 17.5 Å². The number of hydrogen-bond acceptors (Lipinski definition) is 7. The maximum atomic E-state index is 12.4. The van der Waals surface area contributed by atoms with E-state index in [0.717, 1.165) is 5.56 Å². The second-order valence-corrected chi connectivity index (χ2v) is 9.94.